The third kappa shape index (κ3) is 2.58. The normalized spacial score (nSPS) is 13.0. The quantitative estimate of drug-likeness (QED) is 0.407. The summed E-state index contributed by atoms with van der Waals surface area (Å²) in [6, 6.07) is 21.9. The van der Waals surface area contributed by atoms with E-state index in [9.17, 15) is 0 Å². The maximum atomic E-state index is 2.92. The minimum Gasteiger partial charge on any atom is -0.368 e. The number of benzene rings is 4. The van der Waals surface area contributed by atoms with Crippen LogP contribution in [0.15, 0.2) is 97.4 Å². The highest BCUT2D eigenvalue weighted by atomic mass is 14.8. The SMILES string of the molecule is C1=CC=CNC=C1.c1cc2ccc3cccc4ccc(c1)c2c34. The summed E-state index contributed by atoms with van der Waals surface area (Å²) in [6.07, 6.45) is 11.6. The zero-order valence-corrected chi connectivity index (χ0v) is 12.7. The molecule has 0 bridgehead atoms. The Morgan fingerprint density at radius 1 is 0.435 bits per heavy atom. The smallest absolute Gasteiger partial charge is 0.000442 e. The summed E-state index contributed by atoms with van der Waals surface area (Å²) in [5, 5.41) is 11.1. The third-order valence-corrected chi connectivity index (χ3v) is 4.11. The van der Waals surface area contributed by atoms with E-state index < -0.39 is 0 Å². The lowest BCUT2D eigenvalue weighted by Gasteiger charge is -2.09. The number of allylic oxidation sites excluding steroid dienone is 4. The molecule has 0 atom stereocenters. The van der Waals surface area contributed by atoms with Gasteiger partial charge in [0, 0.05) is 12.4 Å². The van der Waals surface area contributed by atoms with E-state index in [0.717, 1.165) is 0 Å². The summed E-state index contributed by atoms with van der Waals surface area (Å²) in [5.74, 6) is 0. The molecule has 1 heteroatoms. The van der Waals surface area contributed by atoms with Crippen molar-refractivity contribution >= 4 is 32.3 Å². The van der Waals surface area contributed by atoms with Crippen molar-refractivity contribution in [2.75, 3.05) is 0 Å². The molecule has 4 aromatic carbocycles. The molecule has 0 saturated carbocycles. The fourth-order valence-electron chi connectivity index (χ4n) is 3.08. The van der Waals surface area contributed by atoms with E-state index in [2.05, 4.69) is 66.0 Å². The van der Waals surface area contributed by atoms with E-state index in [1.807, 2.05) is 36.7 Å². The van der Waals surface area contributed by atoms with Crippen molar-refractivity contribution in [3.8, 4) is 0 Å². The molecular formula is C22H17N. The highest BCUT2D eigenvalue weighted by Gasteiger charge is 2.05. The van der Waals surface area contributed by atoms with Gasteiger partial charge in [-0.2, -0.15) is 0 Å². The molecule has 1 heterocycles. The number of hydrogen-bond acceptors (Lipinski definition) is 1. The molecule has 1 nitrogen and oxygen atoms in total. The molecule has 110 valence electrons. The van der Waals surface area contributed by atoms with Crippen molar-refractivity contribution in [3.05, 3.63) is 97.4 Å². The Morgan fingerprint density at radius 2 is 0.826 bits per heavy atom. The summed E-state index contributed by atoms with van der Waals surface area (Å²) in [6.45, 7) is 0. The van der Waals surface area contributed by atoms with E-state index in [1.54, 1.807) is 0 Å². The summed E-state index contributed by atoms with van der Waals surface area (Å²) in [4.78, 5) is 0. The molecule has 1 N–H and O–H groups in total. The van der Waals surface area contributed by atoms with Gasteiger partial charge in [0.15, 0.2) is 0 Å². The molecule has 0 aliphatic carbocycles. The van der Waals surface area contributed by atoms with Crippen LogP contribution < -0.4 is 5.32 Å². The average Bonchev–Trinajstić information content (AvgIpc) is 2.93. The molecule has 23 heavy (non-hydrogen) atoms. The first-order valence-electron chi connectivity index (χ1n) is 7.80. The summed E-state index contributed by atoms with van der Waals surface area (Å²) < 4.78 is 0. The molecule has 0 amide bonds. The highest BCUT2D eigenvalue weighted by Crippen LogP contribution is 2.33. The topological polar surface area (TPSA) is 12.0 Å². The molecule has 0 unspecified atom stereocenters. The van der Waals surface area contributed by atoms with Crippen LogP contribution in [0.5, 0.6) is 0 Å². The van der Waals surface area contributed by atoms with E-state index in [-0.39, 0.29) is 0 Å². The van der Waals surface area contributed by atoms with E-state index in [4.69, 9.17) is 0 Å². The van der Waals surface area contributed by atoms with Crippen molar-refractivity contribution in [2.24, 2.45) is 0 Å². The van der Waals surface area contributed by atoms with Crippen molar-refractivity contribution in [1.29, 1.82) is 0 Å². The van der Waals surface area contributed by atoms with Gasteiger partial charge in [0.1, 0.15) is 0 Å². The fraction of sp³-hybridized carbons (Fsp3) is 0. The highest BCUT2D eigenvalue weighted by molar-refractivity contribution is 6.22. The minimum atomic E-state index is 1.34. The van der Waals surface area contributed by atoms with Gasteiger partial charge in [0.2, 0.25) is 0 Å². The number of hydrogen-bond donors (Lipinski definition) is 1. The minimum absolute atomic E-state index is 1.34. The number of rotatable bonds is 0. The van der Waals surface area contributed by atoms with Crippen LogP contribution in [0.1, 0.15) is 0 Å². The van der Waals surface area contributed by atoms with Crippen LogP contribution in [0.2, 0.25) is 0 Å². The second-order valence-electron chi connectivity index (χ2n) is 5.56. The molecule has 0 fully saturated rings. The molecule has 0 aromatic heterocycles. The second-order valence-corrected chi connectivity index (χ2v) is 5.56. The predicted molar refractivity (Wildman–Crippen MR) is 101 cm³/mol. The van der Waals surface area contributed by atoms with Crippen LogP contribution in [0.3, 0.4) is 0 Å². The molecule has 5 rings (SSSR count). The zero-order chi connectivity index (χ0) is 15.5. The maximum Gasteiger partial charge on any atom is 0.000442 e. The van der Waals surface area contributed by atoms with E-state index >= 15 is 0 Å². The van der Waals surface area contributed by atoms with Gasteiger partial charge in [-0.25, -0.2) is 0 Å². The first kappa shape index (κ1) is 13.6. The monoisotopic (exact) mass is 295 g/mol. The molecule has 4 aromatic rings. The number of nitrogens with one attached hydrogen (secondary N) is 1. The van der Waals surface area contributed by atoms with Gasteiger partial charge in [-0.3, -0.25) is 0 Å². The molecule has 1 aliphatic rings. The molecule has 0 saturated heterocycles. The maximum absolute atomic E-state index is 2.92. The van der Waals surface area contributed by atoms with Crippen LogP contribution in [0, 0.1) is 0 Å². The van der Waals surface area contributed by atoms with Crippen molar-refractivity contribution in [2.45, 2.75) is 0 Å². The molecular weight excluding hydrogens is 278 g/mol. The lowest BCUT2D eigenvalue weighted by molar-refractivity contribution is 1.20. The van der Waals surface area contributed by atoms with Crippen LogP contribution in [0.25, 0.3) is 32.3 Å². The Hall–Kier alpha value is -3.06. The van der Waals surface area contributed by atoms with Crippen LogP contribution in [-0.2, 0) is 0 Å². The molecule has 1 aliphatic heterocycles. The first-order chi connectivity index (χ1) is 11.4. The van der Waals surface area contributed by atoms with Gasteiger partial charge in [-0.1, -0.05) is 72.8 Å². The van der Waals surface area contributed by atoms with Gasteiger partial charge in [-0.15, -0.1) is 0 Å². The van der Waals surface area contributed by atoms with Crippen LogP contribution in [-0.4, -0.2) is 0 Å². The Balaban J connectivity index is 0.000000164. The zero-order valence-electron chi connectivity index (χ0n) is 12.7. The van der Waals surface area contributed by atoms with Crippen LogP contribution in [0.4, 0.5) is 0 Å². The van der Waals surface area contributed by atoms with E-state index in [1.165, 1.54) is 32.3 Å². The fourth-order valence-corrected chi connectivity index (χ4v) is 3.08. The van der Waals surface area contributed by atoms with Gasteiger partial charge >= 0.3 is 0 Å². The summed E-state index contributed by atoms with van der Waals surface area (Å²) >= 11 is 0. The van der Waals surface area contributed by atoms with Crippen molar-refractivity contribution in [3.63, 3.8) is 0 Å². The summed E-state index contributed by atoms with van der Waals surface area (Å²) in [7, 11) is 0. The first-order valence-corrected chi connectivity index (χ1v) is 7.80. The molecule has 0 spiro atoms. The Bertz CT molecular complexity index is 894. The van der Waals surface area contributed by atoms with Gasteiger partial charge in [-0.05, 0) is 44.5 Å². The summed E-state index contributed by atoms with van der Waals surface area (Å²) in [5.41, 5.74) is 0. The third-order valence-electron chi connectivity index (χ3n) is 4.11. The lowest BCUT2D eigenvalue weighted by atomic mass is 9.95. The van der Waals surface area contributed by atoms with Gasteiger partial charge in [0.05, 0.1) is 0 Å². The Morgan fingerprint density at radius 3 is 1.22 bits per heavy atom. The standard InChI is InChI=1S/C16H10.C6H7N/c1-3-11-7-9-13-5-2-6-14-10-8-12(4-1)15(11)16(13)14;1-2-4-6-7-5-3-1/h1-10H;1-7H. The Kier molecular flexibility index (Phi) is 3.53. The Labute approximate surface area is 135 Å². The second kappa shape index (κ2) is 5.98. The average molecular weight is 295 g/mol. The van der Waals surface area contributed by atoms with Crippen molar-refractivity contribution in [1.82, 2.24) is 5.32 Å². The van der Waals surface area contributed by atoms with Crippen molar-refractivity contribution < 1.29 is 0 Å². The van der Waals surface area contributed by atoms with Gasteiger partial charge < -0.3 is 5.32 Å². The largest absolute Gasteiger partial charge is 0.368 e. The predicted octanol–water partition coefficient (Wildman–Crippen LogP) is 5.76. The van der Waals surface area contributed by atoms with Crippen LogP contribution >= 0.6 is 0 Å². The van der Waals surface area contributed by atoms with Gasteiger partial charge in [0.25, 0.3) is 0 Å². The molecule has 0 radical (unpaired) electrons. The van der Waals surface area contributed by atoms with E-state index in [0.29, 0.717) is 0 Å². The lowest BCUT2D eigenvalue weighted by Crippen LogP contribution is -1.87.